The fourth-order valence-corrected chi connectivity index (χ4v) is 3.06. The van der Waals surface area contributed by atoms with E-state index in [-0.39, 0.29) is 10.6 Å². The van der Waals surface area contributed by atoms with Gasteiger partial charge in [0.05, 0.1) is 0 Å². The van der Waals surface area contributed by atoms with Crippen molar-refractivity contribution in [3.8, 4) is 17.4 Å². The number of aromatic nitrogens is 1. The largest absolute Gasteiger partial charge is 0.439 e. The van der Waals surface area contributed by atoms with E-state index in [2.05, 4.69) is 20.9 Å². The van der Waals surface area contributed by atoms with Gasteiger partial charge < -0.3 is 8.92 Å². The average molecular weight is 406 g/mol. The molecule has 0 radical (unpaired) electrons. The average Bonchev–Trinajstić information content (AvgIpc) is 2.58. The van der Waals surface area contributed by atoms with Crippen molar-refractivity contribution in [2.24, 2.45) is 0 Å². The summed E-state index contributed by atoms with van der Waals surface area (Å²) in [6, 6.07) is 17.8. The number of ether oxygens (including phenoxy) is 1. The number of pyridine rings is 1. The highest BCUT2D eigenvalue weighted by Crippen LogP contribution is 2.25. The fraction of sp³-hybridized carbons (Fsp3) is 0. The third kappa shape index (κ3) is 4.12. The van der Waals surface area contributed by atoms with E-state index in [0.717, 1.165) is 4.47 Å². The van der Waals surface area contributed by atoms with Gasteiger partial charge in [-0.05, 0) is 54.6 Å². The molecule has 0 bridgehead atoms. The molecule has 3 aromatic rings. The highest BCUT2D eigenvalue weighted by molar-refractivity contribution is 9.10. The van der Waals surface area contributed by atoms with Crippen LogP contribution < -0.4 is 8.92 Å². The molecule has 0 aliphatic rings. The molecule has 0 atom stereocenters. The Balaban J connectivity index is 1.73. The minimum absolute atomic E-state index is 0.0829. The van der Waals surface area contributed by atoms with Crippen LogP contribution in [-0.2, 0) is 10.1 Å². The van der Waals surface area contributed by atoms with Gasteiger partial charge in [-0.25, -0.2) is 4.98 Å². The molecule has 0 saturated heterocycles. The lowest BCUT2D eigenvalue weighted by atomic mass is 10.3. The van der Waals surface area contributed by atoms with Crippen LogP contribution in [-0.4, -0.2) is 13.4 Å². The Kier molecular flexibility index (Phi) is 4.82. The molecule has 0 amide bonds. The molecule has 2 aromatic carbocycles. The van der Waals surface area contributed by atoms with E-state index in [1.807, 2.05) is 6.07 Å². The Morgan fingerprint density at radius 2 is 1.50 bits per heavy atom. The van der Waals surface area contributed by atoms with Gasteiger partial charge in [0.1, 0.15) is 16.4 Å². The first-order chi connectivity index (χ1) is 11.5. The molecular formula is C17H12BrNO4S. The fourth-order valence-electron chi connectivity index (χ4n) is 1.87. The predicted molar refractivity (Wildman–Crippen MR) is 92.7 cm³/mol. The second-order valence-electron chi connectivity index (χ2n) is 4.73. The van der Waals surface area contributed by atoms with Crippen LogP contribution in [0, 0.1) is 0 Å². The predicted octanol–water partition coefficient (Wildman–Crippen LogP) is 4.40. The van der Waals surface area contributed by atoms with Gasteiger partial charge in [0.2, 0.25) is 5.88 Å². The Labute approximate surface area is 148 Å². The van der Waals surface area contributed by atoms with Gasteiger partial charge in [0.15, 0.2) is 0 Å². The van der Waals surface area contributed by atoms with Crippen LogP contribution in [0.1, 0.15) is 0 Å². The molecule has 0 fully saturated rings. The van der Waals surface area contributed by atoms with Crippen LogP contribution in [0.25, 0.3) is 0 Å². The standard InChI is InChI=1S/C17H12BrNO4S/c18-13-4-10-16(11-5-13)24(20,21)23-15-8-6-14(7-9-15)22-17-3-1-2-12-19-17/h1-12H. The quantitative estimate of drug-likeness (QED) is 0.588. The molecule has 0 N–H and O–H groups in total. The summed E-state index contributed by atoms with van der Waals surface area (Å²) in [5.41, 5.74) is 0. The summed E-state index contributed by atoms with van der Waals surface area (Å²) in [5.74, 6) is 1.18. The Hall–Kier alpha value is -2.38. The summed E-state index contributed by atoms with van der Waals surface area (Å²) in [4.78, 5) is 4.13. The van der Waals surface area contributed by atoms with Crippen LogP contribution in [0.5, 0.6) is 17.4 Å². The van der Waals surface area contributed by atoms with Crippen LogP contribution in [0.2, 0.25) is 0 Å². The molecule has 122 valence electrons. The first-order valence-corrected chi connectivity index (χ1v) is 9.12. The second-order valence-corrected chi connectivity index (χ2v) is 7.19. The van der Waals surface area contributed by atoms with E-state index >= 15 is 0 Å². The number of hydrogen-bond donors (Lipinski definition) is 0. The lowest BCUT2D eigenvalue weighted by Gasteiger charge is -2.08. The Morgan fingerprint density at radius 3 is 2.12 bits per heavy atom. The van der Waals surface area contributed by atoms with E-state index in [9.17, 15) is 8.42 Å². The van der Waals surface area contributed by atoms with Crippen LogP contribution >= 0.6 is 15.9 Å². The summed E-state index contributed by atoms with van der Waals surface area (Å²) in [5, 5.41) is 0. The summed E-state index contributed by atoms with van der Waals surface area (Å²) in [7, 11) is -3.88. The molecule has 24 heavy (non-hydrogen) atoms. The Bertz CT molecular complexity index is 911. The molecule has 5 nitrogen and oxygen atoms in total. The number of hydrogen-bond acceptors (Lipinski definition) is 5. The minimum Gasteiger partial charge on any atom is -0.439 e. The smallest absolute Gasteiger partial charge is 0.339 e. The van der Waals surface area contributed by atoms with Crippen LogP contribution in [0.4, 0.5) is 0 Å². The lowest BCUT2D eigenvalue weighted by Crippen LogP contribution is -2.09. The lowest BCUT2D eigenvalue weighted by molar-refractivity contribution is 0.459. The third-order valence-corrected chi connectivity index (χ3v) is 4.78. The van der Waals surface area contributed by atoms with Crippen molar-refractivity contribution in [2.75, 3.05) is 0 Å². The number of rotatable bonds is 5. The normalized spacial score (nSPS) is 11.0. The minimum atomic E-state index is -3.88. The summed E-state index contributed by atoms with van der Waals surface area (Å²) in [6.45, 7) is 0. The molecule has 3 rings (SSSR count). The van der Waals surface area contributed by atoms with Crippen molar-refractivity contribution >= 4 is 26.0 Å². The molecular weight excluding hydrogens is 394 g/mol. The van der Waals surface area contributed by atoms with E-state index in [1.165, 1.54) is 24.3 Å². The van der Waals surface area contributed by atoms with Crippen molar-refractivity contribution in [3.05, 3.63) is 77.4 Å². The number of benzene rings is 2. The molecule has 0 spiro atoms. The van der Waals surface area contributed by atoms with Crippen molar-refractivity contribution in [1.29, 1.82) is 0 Å². The Morgan fingerprint density at radius 1 is 0.833 bits per heavy atom. The summed E-state index contributed by atoms with van der Waals surface area (Å²) < 4.78 is 35.9. The summed E-state index contributed by atoms with van der Waals surface area (Å²) >= 11 is 3.26. The zero-order valence-corrected chi connectivity index (χ0v) is 14.7. The molecule has 0 aliphatic carbocycles. The van der Waals surface area contributed by atoms with Gasteiger partial charge >= 0.3 is 10.1 Å². The van der Waals surface area contributed by atoms with Crippen molar-refractivity contribution in [1.82, 2.24) is 4.98 Å². The molecule has 0 saturated carbocycles. The maximum absolute atomic E-state index is 12.2. The molecule has 0 aliphatic heterocycles. The van der Waals surface area contributed by atoms with Gasteiger partial charge in [-0.1, -0.05) is 22.0 Å². The first-order valence-electron chi connectivity index (χ1n) is 6.92. The van der Waals surface area contributed by atoms with Gasteiger partial charge in [-0.3, -0.25) is 0 Å². The number of halogens is 1. The third-order valence-electron chi connectivity index (χ3n) is 2.99. The molecule has 0 unspecified atom stereocenters. The van der Waals surface area contributed by atoms with E-state index in [0.29, 0.717) is 11.6 Å². The zero-order valence-electron chi connectivity index (χ0n) is 12.3. The zero-order chi connectivity index (χ0) is 17.0. The van der Waals surface area contributed by atoms with Crippen molar-refractivity contribution < 1.29 is 17.3 Å². The maximum Gasteiger partial charge on any atom is 0.339 e. The van der Waals surface area contributed by atoms with E-state index in [4.69, 9.17) is 8.92 Å². The molecule has 7 heteroatoms. The monoisotopic (exact) mass is 405 g/mol. The maximum atomic E-state index is 12.2. The van der Waals surface area contributed by atoms with E-state index in [1.54, 1.807) is 42.6 Å². The van der Waals surface area contributed by atoms with Gasteiger partial charge in [0, 0.05) is 16.7 Å². The van der Waals surface area contributed by atoms with Gasteiger partial charge in [-0.2, -0.15) is 8.42 Å². The second kappa shape index (κ2) is 7.02. The van der Waals surface area contributed by atoms with E-state index < -0.39 is 10.1 Å². The van der Waals surface area contributed by atoms with Crippen molar-refractivity contribution in [2.45, 2.75) is 4.90 Å². The SMILES string of the molecule is O=S(=O)(Oc1ccc(Oc2ccccn2)cc1)c1ccc(Br)cc1. The summed E-state index contributed by atoms with van der Waals surface area (Å²) in [6.07, 6.45) is 1.62. The molecule has 1 heterocycles. The number of nitrogens with zero attached hydrogens (tertiary/aromatic N) is 1. The van der Waals surface area contributed by atoms with Gasteiger partial charge in [0.25, 0.3) is 0 Å². The van der Waals surface area contributed by atoms with Gasteiger partial charge in [-0.15, -0.1) is 0 Å². The highest BCUT2D eigenvalue weighted by Gasteiger charge is 2.16. The van der Waals surface area contributed by atoms with Crippen molar-refractivity contribution in [3.63, 3.8) is 0 Å². The highest BCUT2D eigenvalue weighted by atomic mass is 79.9. The topological polar surface area (TPSA) is 65.5 Å². The first kappa shape index (κ1) is 16.5. The van der Waals surface area contributed by atoms with Crippen LogP contribution in [0.3, 0.4) is 0 Å². The van der Waals surface area contributed by atoms with Crippen LogP contribution in [0.15, 0.2) is 82.3 Å². The molecule has 1 aromatic heterocycles.